The van der Waals surface area contributed by atoms with Crippen LogP contribution in [0.25, 0.3) is 0 Å². The normalized spacial score (nSPS) is 14.2. The van der Waals surface area contributed by atoms with E-state index in [0.29, 0.717) is 26.2 Å². The van der Waals surface area contributed by atoms with Crippen molar-refractivity contribution in [2.24, 2.45) is 0 Å². The zero-order valence-electron chi connectivity index (χ0n) is 14.3. The van der Waals surface area contributed by atoms with Crippen LogP contribution in [-0.2, 0) is 9.53 Å². The van der Waals surface area contributed by atoms with Crippen molar-refractivity contribution in [3.05, 3.63) is 63.9 Å². The Hall–Kier alpha value is -2.31. The van der Waals surface area contributed by atoms with Gasteiger partial charge in [0.1, 0.15) is 5.82 Å². The molecule has 0 radical (unpaired) electrons. The molecule has 0 atom stereocenters. The van der Waals surface area contributed by atoms with Gasteiger partial charge in [-0.3, -0.25) is 4.79 Å². The molecule has 1 fully saturated rings. The van der Waals surface area contributed by atoms with E-state index in [1.54, 1.807) is 23.1 Å². The van der Waals surface area contributed by atoms with E-state index in [2.05, 4.69) is 4.90 Å². The van der Waals surface area contributed by atoms with Crippen LogP contribution >= 0.6 is 23.2 Å². The molecule has 1 aliphatic rings. The lowest BCUT2D eigenvalue weighted by molar-refractivity contribution is -0.134. The van der Waals surface area contributed by atoms with Crippen molar-refractivity contribution in [3.63, 3.8) is 0 Å². The van der Waals surface area contributed by atoms with E-state index < -0.39 is 5.97 Å². The first-order valence-electron chi connectivity index (χ1n) is 8.35. The van der Waals surface area contributed by atoms with Gasteiger partial charge in [0.2, 0.25) is 0 Å². The van der Waals surface area contributed by atoms with Crippen molar-refractivity contribution in [2.75, 3.05) is 37.7 Å². The predicted octanol–water partition coefficient (Wildman–Crippen LogP) is 3.64. The third-order valence-electron chi connectivity index (χ3n) is 4.32. The molecule has 1 aliphatic heterocycles. The monoisotopic (exact) mass is 410 g/mol. The van der Waals surface area contributed by atoms with Crippen LogP contribution in [0.4, 0.5) is 10.1 Å². The Labute approximate surface area is 166 Å². The Morgan fingerprint density at radius 1 is 0.963 bits per heavy atom. The topological polar surface area (TPSA) is 49.9 Å². The van der Waals surface area contributed by atoms with Crippen LogP contribution in [0.2, 0.25) is 10.0 Å². The zero-order valence-corrected chi connectivity index (χ0v) is 15.8. The lowest BCUT2D eigenvalue weighted by Gasteiger charge is -2.36. The number of piperazine rings is 1. The molecule has 1 amide bonds. The van der Waals surface area contributed by atoms with Gasteiger partial charge in [0.05, 0.1) is 15.6 Å². The maximum atomic E-state index is 13.0. The third-order valence-corrected chi connectivity index (χ3v) is 4.95. The van der Waals surface area contributed by atoms with Crippen molar-refractivity contribution in [1.29, 1.82) is 0 Å². The van der Waals surface area contributed by atoms with Crippen molar-refractivity contribution in [2.45, 2.75) is 0 Å². The fraction of sp³-hybridized carbons (Fsp3) is 0.263. The average Bonchev–Trinajstić information content (AvgIpc) is 2.67. The van der Waals surface area contributed by atoms with Gasteiger partial charge in [-0.15, -0.1) is 0 Å². The molecule has 0 unspecified atom stereocenters. The summed E-state index contributed by atoms with van der Waals surface area (Å²) < 4.78 is 18.1. The number of benzene rings is 2. The lowest BCUT2D eigenvalue weighted by Crippen LogP contribution is -2.49. The Kier molecular flexibility index (Phi) is 6.19. The fourth-order valence-corrected chi connectivity index (χ4v) is 3.40. The quantitative estimate of drug-likeness (QED) is 0.721. The predicted molar refractivity (Wildman–Crippen MR) is 102 cm³/mol. The summed E-state index contributed by atoms with van der Waals surface area (Å²) in [5.41, 5.74) is 0.957. The number of anilines is 1. The van der Waals surface area contributed by atoms with Crippen LogP contribution in [-0.4, -0.2) is 49.6 Å². The number of hydrogen-bond acceptors (Lipinski definition) is 4. The smallest absolute Gasteiger partial charge is 0.341 e. The summed E-state index contributed by atoms with van der Waals surface area (Å²) in [4.78, 5) is 28.1. The third kappa shape index (κ3) is 4.70. The minimum atomic E-state index is -0.733. The molecule has 0 bridgehead atoms. The van der Waals surface area contributed by atoms with Crippen LogP contribution in [0.5, 0.6) is 0 Å². The van der Waals surface area contributed by atoms with E-state index in [9.17, 15) is 14.0 Å². The van der Waals surface area contributed by atoms with Gasteiger partial charge >= 0.3 is 5.97 Å². The van der Waals surface area contributed by atoms with Crippen LogP contribution in [0.15, 0.2) is 42.5 Å². The first-order valence-corrected chi connectivity index (χ1v) is 9.10. The summed E-state index contributed by atoms with van der Waals surface area (Å²) in [5, 5.41) is 0.348. The molecule has 0 aliphatic carbocycles. The fourth-order valence-electron chi connectivity index (χ4n) is 2.85. The van der Waals surface area contributed by atoms with Gasteiger partial charge in [-0.1, -0.05) is 29.3 Å². The van der Waals surface area contributed by atoms with Crippen LogP contribution in [0.3, 0.4) is 0 Å². The van der Waals surface area contributed by atoms with Crippen LogP contribution in [0.1, 0.15) is 10.4 Å². The average molecular weight is 411 g/mol. The molecule has 0 spiro atoms. The van der Waals surface area contributed by atoms with Gasteiger partial charge in [-0.2, -0.15) is 0 Å². The molecule has 5 nitrogen and oxygen atoms in total. The minimum Gasteiger partial charge on any atom is -0.452 e. The molecule has 8 heteroatoms. The maximum absolute atomic E-state index is 13.0. The molecule has 1 saturated heterocycles. The second-order valence-corrected chi connectivity index (χ2v) is 6.83. The van der Waals surface area contributed by atoms with Gasteiger partial charge in [0.25, 0.3) is 5.91 Å². The first-order chi connectivity index (χ1) is 13.0. The number of esters is 1. The maximum Gasteiger partial charge on any atom is 0.341 e. The van der Waals surface area contributed by atoms with Crippen molar-refractivity contribution in [3.8, 4) is 0 Å². The largest absolute Gasteiger partial charge is 0.452 e. The second-order valence-electron chi connectivity index (χ2n) is 6.02. The van der Waals surface area contributed by atoms with Crippen molar-refractivity contribution in [1.82, 2.24) is 4.90 Å². The standard InChI is InChI=1S/C19H17Cl2FN2O3/c20-15-2-1-3-16(21)18(15)19(26)27-12-17(25)24-10-8-23(9-11-24)14-6-4-13(22)5-7-14/h1-7H,8-12H2. The Bertz CT molecular complexity index is 817. The highest BCUT2D eigenvalue weighted by molar-refractivity contribution is 6.39. The van der Waals surface area contributed by atoms with Crippen LogP contribution < -0.4 is 4.90 Å². The van der Waals surface area contributed by atoms with Gasteiger partial charge in [-0.05, 0) is 36.4 Å². The van der Waals surface area contributed by atoms with E-state index in [-0.39, 0.29) is 33.9 Å². The van der Waals surface area contributed by atoms with E-state index in [1.807, 2.05) is 0 Å². The first kappa shape index (κ1) is 19.5. The van der Waals surface area contributed by atoms with Crippen molar-refractivity contribution < 1.29 is 18.7 Å². The molecule has 27 heavy (non-hydrogen) atoms. The van der Waals surface area contributed by atoms with E-state index in [0.717, 1.165) is 5.69 Å². The number of nitrogens with zero attached hydrogens (tertiary/aromatic N) is 2. The van der Waals surface area contributed by atoms with Gasteiger partial charge in [0, 0.05) is 31.9 Å². The molecule has 142 valence electrons. The Morgan fingerprint density at radius 3 is 2.15 bits per heavy atom. The van der Waals surface area contributed by atoms with E-state index in [1.165, 1.54) is 24.3 Å². The molecule has 0 aromatic heterocycles. The zero-order chi connectivity index (χ0) is 19.4. The molecule has 0 saturated carbocycles. The van der Waals surface area contributed by atoms with Crippen molar-refractivity contribution >= 4 is 40.8 Å². The molecule has 1 heterocycles. The van der Waals surface area contributed by atoms with E-state index in [4.69, 9.17) is 27.9 Å². The molecular formula is C19H17Cl2FN2O3. The summed E-state index contributed by atoms with van der Waals surface area (Å²) in [6.45, 7) is 1.82. The molecule has 2 aromatic carbocycles. The second kappa shape index (κ2) is 8.59. The Balaban J connectivity index is 1.51. The Morgan fingerprint density at radius 2 is 1.56 bits per heavy atom. The van der Waals surface area contributed by atoms with E-state index >= 15 is 0 Å². The molecule has 2 aromatic rings. The summed E-state index contributed by atoms with van der Waals surface area (Å²) >= 11 is 11.9. The molecular weight excluding hydrogens is 394 g/mol. The van der Waals surface area contributed by atoms with Gasteiger partial charge in [-0.25, -0.2) is 9.18 Å². The number of ether oxygens (including phenoxy) is 1. The molecule has 0 N–H and O–H groups in total. The number of carbonyl (C=O) groups excluding carboxylic acids is 2. The summed E-state index contributed by atoms with van der Waals surface area (Å²) in [7, 11) is 0. The summed E-state index contributed by atoms with van der Waals surface area (Å²) in [6, 6.07) is 10.9. The number of hydrogen-bond donors (Lipinski definition) is 0. The van der Waals surface area contributed by atoms with Gasteiger partial charge in [0.15, 0.2) is 6.61 Å². The summed E-state index contributed by atoms with van der Waals surface area (Å²) in [5.74, 6) is -1.30. The highest BCUT2D eigenvalue weighted by Gasteiger charge is 2.23. The number of carbonyl (C=O) groups is 2. The number of amides is 1. The molecule has 3 rings (SSSR count). The highest BCUT2D eigenvalue weighted by Crippen LogP contribution is 2.25. The van der Waals surface area contributed by atoms with Gasteiger partial charge < -0.3 is 14.5 Å². The number of rotatable bonds is 4. The van der Waals surface area contributed by atoms with Crippen LogP contribution in [0, 0.1) is 5.82 Å². The lowest BCUT2D eigenvalue weighted by atomic mass is 10.2. The minimum absolute atomic E-state index is 0.0507. The highest BCUT2D eigenvalue weighted by atomic mass is 35.5. The summed E-state index contributed by atoms with van der Waals surface area (Å²) in [6.07, 6.45) is 0. The number of halogens is 3. The SMILES string of the molecule is O=C(OCC(=O)N1CCN(c2ccc(F)cc2)CC1)c1c(Cl)cccc1Cl.